The van der Waals surface area contributed by atoms with E-state index < -0.39 is 53.4 Å². The number of carbonyl (C=O) groups is 3. The highest BCUT2D eigenvalue weighted by molar-refractivity contribution is 9.09. The molecule has 11 nitrogen and oxygen atoms in total. The van der Waals surface area contributed by atoms with Gasteiger partial charge in [-0.3, -0.25) is 14.4 Å². The van der Waals surface area contributed by atoms with Crippen LogP contribution >= 0.6 is 15.9 Å². The number of para-hydroxylation sites is 1. The number of nitrogens with zero attached hydrogens (tertiary/aromatic N) is 5. The number of aliphatic hydroxyl groups is 1. The lowest BCUT2D eigenvalue weighted by Gasteiger charge is -2.39. The van der Waals surface area contributed by atoms with Crippen LogP contribution in [0.2, 0.25) is 0 Å². The number of benzene rings is 1. The second-order valence-corrected chi connectivity index (χ2v) is 12.0. The number of rotatable bonds is 10. The normalized spacial score (nSPS) is 30.7. The zero-order valence-electron chi connectivity index (χ0n) is 21.3. The lowest BCUT2D eigenvalue weighted by molar-refractivity contribution is -0.154. The summed E-state index contributed by atoms with van der Waals surface area (Å²) >= 11 is 3.56. The van der Waals surface area contributed by atoms with Crippen molar-refractivity contribution in [3.05, 3.63) is 36.9 Å². The highest BCUT2D eigenvalue weighted by Crippen LogP contribution is 2.60. The molecule has 0 aliphatic carbocycles. The Morgan fingerprint density at radius 1 is 1.37 bits per heavy atom. The third-order valence-electron chi connectivity index (χ3n) is 7.98. The molecule has 12 heteroatoms. The molecular formula is C26H32BrN5O6. The predicted octanol–water partition coefficient (Wildman–Crippen LogP) is 1.64. The average molecular weight is 590 g/mol. The van der Waals surface area contributed by atoms with Crippen molar-refractivity contribution in [2.45, 2.75) is 62.0 Å². The minimum atomic E-state index is -1.33. The van der Waals surface area contributed by atoms with Gasteiger partial charge < -0.3 is 24.7 Å². The SMILES string of the molecule is C=CCN(Cn1nnc2ccccc21)C(=O)[C@H]1N([C@@H](CO)CC(C)C)C(=O)[C@@H]2[C@@H](C(=O)O)[C@@H]3O[C@@]21CC3Br. The number of alkyl halides is 1. The topological polar surface area (TPSA) is 138 Å². The number of fused-ring (bicyclic) bond motifs is 2. The number of aliphatic hydroxyl groups excluding tert-OH is 1. The number of hydrogen-bond acceptors (Lipinski definition) is 7. The van der Waals surface area contributed by atoms with Crippen LogP contribution in [0.5, 0.6) is 0 Å². The number of aromatic nitrogens is 3. The Bertz CT molecular complexity index is 1270. The number of amides is 2. The molecule has 3 aliphatic heterocycles. The van der Waals surface area contributed by atoms with Gasteiger partial charge in [-0.25, -0.2) is 4.68 Å². The van der Waals surface area contributed by atoms with Crippen LogP contribution in [0.1, 0.15) is 26.7 Å². The molecule has 2 aromatic rings. The van der Waals surface area contributed by atoms with Crippen molar-refractivity contribution in [1.82, 2.24) is 24.8 Å². The molecule has 1 unspecified atom stereocenters. The van der Waals surface area contributed by atoms with Crippen LogP contribution in [0.3, 0.4) is 0 Å². The van der Waals surface area contributed by atoms with Gasteiger partial charge in [-0.05, 0) is 30.9 Å². The zero-order valence-corrected chi connectivity index (χ0v) is 22.9. The van der Waals surface area contributed by atoms with E-state index in [4.69, 9.17) is 4.74 Å². The molecule has 3 fully saturated rings. The molecule has 2 bridgehead atoms. The van der Waals surface area contributed by atoms with Gasteiger partial charge in [0.25, 0.3) is 0 Å². The summed E-state index contributed by atoms with van der Waals surface area (Å²) < 4.78 is 7.96. The second kappa shape index (κ2) is 10.0. The summed E-state index contributed by atoms with van der Waals surface area (Å²) in [6.45, 7) is 7.59. The van der Waals surface area contributed by atoms with Crippen LogP contribution in [0.15, 0.2) is 36.9 Å². The van der Waals surface area contributed by atoms with Gasteiger partial charge in [-0.1, -0.05) is 53.2 Å². The Labute approximate surface area is 228 Å². The minimum absolute atomic E-state index is 0.0438. The molecule has 1 aromatic heterocycles. The molecule has 4 heterocycles. The number of aliphatic carboxylic acids is 1. The number of carbonyl (C=O) groups excluding carboxylic acids is 2. The molecule has 204 valence electrons. The van der Waals surface area contributed by atoms with Crippen molar-refractivity contribution in [3.63, 3.8) is 0 Å². The fourth-order valence-electron chi connectivity index (χ4n) is 6.57. The Hall–Kier alpha value is -2.83. The van der Waals surface area contributed by atoms with E-state index in [1.54, 1.807) is 10.8 Å². The van der Waals surface area contributed by atoms with E-state index in [0.717, 1.165) is 5.52 Å². The van der Waals surface area contributed by atoms with Crippen molar-refractivity contribution in [2.24, 2.45) is 17.8 Å². The maximum Gasteiger partial charge on any atom is 0.310 e. The standard InChI is InChI=1S/C26H32BrN5O6/c1-4-9-30(13-31-18-8-6-5-7-17(18)28-29-31)24(35)22-26-11-16(27)21(38-26)19(25(36)37)20(26)23(34)32(22)15(12-33)10-14(2)3/h4-8,14-16,19-22,33H,1,9-13H2,2-3H3,(H,36,37)/t15-,16?,19-,20+,21-,22-,26+/m1/s1. The summed E-state index contributed by atoms with van der Waals surface area (Å²) in [6, 6.07) is 5.60. The fourth-order valence-corrected chi connectivity index (χ4v) is 7.51. The van der Waals surface area contributed by atoms with E-state index >= 15 is 0 Å². The van der Waals surface area contributed by atoms with Crippen molar-refractivity contribution >= 4 is 44.7 Å². The summed E-state index contributed by atoms with van der Waals surface area (Å²) in [6.07, 6.45) is 1.61. The molecule has 3 saturated heterocycles. The van der Waals surface area contributed by atoms with Crippen LogP contribution < -0.4 is 0 Å². The van der Waals surface area contributed by atoms with Gasteiger partial charge in [0, 0.05) is 11.4 Å². The number of ether oxygens (including phenoxy) is 1. The Kier molecular flexibility index (Phi) is 7.08. The van der Waals surface area contributed by atoms with Gasteiger partial charge in [0.15, 0.2) is 0 Å². The summed E-state index contributed by atoms with van der Waals surface area (Å²) in [7, 11) is 0. The summed E-state index contributed by atoms with van der Waals surface area (Å²) in [5.74, 6) is -3.99. The Morgan fingerprint density at radius 2 is 2.11 bits per heavy atom. The second-order valence-electron chi connectivity index (χ2n) is 10.8. The maximum absolute atomic E-state index is 14.5. The van der Waals surface area contributed by atoms with Gasteiger partial charge in [0.05, 0.1) is 36.1 Å². The van der Waals surface area contributed by atoms with Gasteiger partial charge in [0.1, 0.15) is 23.8 Å². The number of likely N-dealkylation sites (tertiary alicyclic amines) is 1. The first-order valence-corrected chi connectivity index (χ1v) is 13.7. The molecule has 1 aromatic carbocycles. The van der Waals surface area contributed by atoms with Gasteiger partial charge in [-0.2, -0.15) is 0 Å². The molecule has 7 atom stereocenters. The molecule has 1 spiro atoms. The number of halogens is 1. The van der Waals surface area contributed by atoms with E-state index in [1.807, 2.05) is 38.1 Å². The third-order valence-corrected chi connectivity index (χ3v) is 8.82. The molecule has 3 aliphatic rings. The van der Waals surface area contributed by atoms with Crippen molar-refractivity contribution in [3.8, 4) is 0 Å². The predicted molar refractivity (Wildman–Crippen MR) is 140 cm³/mol. The fraction of sp³-hybridized carbons (Fsp3) is 0.577. The molecule has 0 radical (unpaired) electrons. The quantitative estimate of drug-likeness (QED) is 0.315. The van der Waals surface area contributed by atoms with Gasteiger partial charge in [0.2, 0.25) is 11.8 Å². The van der Waals surface area contributed by atoms with E-state index in [1.165, 1.54) is 9.80 Å². The molecule has 5 rings (SSSR count). The van der Waals surface area contributed by atoms with E-state index in [2.05, 4.69) is 32.8 Å². The van der Waals surface area contributed by atoms with Crippen molar-refractivity contribution < 1.29 is 29.3 Å². The first-order valence-electron chi connectivity index (χ1n) is 12.8. The van der Waals surface area contributed by atoms with Crippen molar-refractivity contribution in [2.75, 3.05) is 13.2 Å². The first-order chi connectivity index (χ1) is 18.1. The number of carboxylic acids is 1. The summed E-state index contributed by atoms with van der Waals surface area (Å²) in [5, 5.41) is 28.8. The zero-order chi connectivity index (χ0) is 27.4. The molecular weight excluding hydrogens is 558 g/mol. The van der Waals surface area contributed by atoms with E-state index in [0.29, 0.717) is 18.4 Å². The highest BCUT2D eigenvalue weighted by Gasteiger charge is 2.77. The number of carboxylic acid groups (broad SMARTS) is 1. The lowest BCUT2D eigenvalue weighted by atomic mass is 9.70. The first kappa shape index (κ1) is 26.8. The van der Waals surface area contributed by atoms with Crippen LogP contribution in [-0.4, -0.2) is 94.6 Å². The third kappa shape index (κ3) is 4.04. The largest absolute Gasteiger partial charge is 0.481 e. The maximum atomic E-state index is 14.5. The van der Waals surface area contributed by atoms with E-state index in [9.17, 15) is 24.6 Å². The molecule has 0 saturated carbocycles. The Morgan fingerprint density at radius 3 is 2.76 bits per heavy atom. The molecule has 38 heavy (non-hydrogen) atoms. The summed E-state index contributed by atoms with van der Waals surface area (Å²) in [5.41, 5.74) is 0.0863. The highest BCUT2D eigenvalue weighted by atomic mass is 79.9. The molecule has 2 N–H and O–H groups in total. The minimum Gasteiger partial charge on any atom is -0.481 e. The van der Waals surface area contributed by atoms with E-state index in [-0.39, 0.29) is 30.6 Å². The van der Waals surface area contributed by atoms with Crippen LogP contribution in [0.4, 0.5) is 0 Å². The van der Waals surface area contributed by atoms with Crippen molar-refractivity contribution in [1.29, 1.82) is 0 Å². The smallest absolute Gasteiger partial charge is 0.310 e. The van der Waals surface area contributed by atoms with Gasteiger partial charge in [-0.15, -0.1) is 11.7 Å². The van der Waals surface area contributed by atoms with Crippen LogP contribution in [0.25, 0.3) is 11.0 Å². The lowest BCUT2D eigenvalue weighted by Crippen LogP contribution is -2.59. The van der Waals surface area contributed by atoms with Crippen LogP contribution in [0, 0.1) is 17.8 Å². The summed E-state index contributed by atoms with van der Waals surface area (Å²) in [4.78, 5) is 43.4. The Balaban J connectivity index is 1.58. The average Bonchev–Trinajstić information content (AvgIpc) is 3.59. The molecule has 2 amide bonds. The number of hydrogen-bond donors (Lipinski definition) is 2. The van der Waals surface area contributed by atoms with Gasteiger partial charge >= 0.3 is 5.97 Å². The monoisotopic (exact) mass is 589 g/mol. The van der Waals surface area contributed by atoms with Crippen LogP contribution in [-0.2, 0) is 25.8 Å².